The molecule has 0 saturated heterocycles. The Labute approximate surface area is 156 Å². The van der Waals surface area contributed by atoms with Crippen molar-refractivity contribution in [1.82, 2.24) is 19.4 Å². The van der Waals surface area contributed by atoms with E-state index in [2.05, 4.69) is 15.0 Å². The average molecular weight is 388 g/mol. The fraction of sp³-hybridized carbons (Fsp3) is 0.105. The van der Waals surface area contributed by atoms with Crippen LogP contribution in [-0.2, 0) is 6.18 Å². The van der Waals surface area contributed by atoms with Crippen LogP contribution in [0.25, 0.3) is 28.3 Å². The van der Waals surface area contributed by atoms with Gasteiger partial charge in [0.2, 0.25) is 5.78 Å². The van der Waals surface area contributed by atoms with E-state index in [9.17, 15) is 17.6 Å². The van der Waals surface area contributed by atoms with Gasteiger partial charge in [-0.05, 0) is 30.3 Å². The molecule has 3 aromatic heterocycles. The second-order valence-electron chi connectivity index (χ2n) is 5.90. The maximum absolute atomic E-state index is 14.4. The SMILES string of the molecule is COc1ccnc(-c2cc(-c3cnc4nc(C(F)(F)F)ccn34)ccc2F)c1. The third-order valence-electron chi connectivity index (χ3n) is 4.17. The number of aromatic nitrogens is 4. The molecule has 9 heteroatoms. The molecule has 0 bridgehead atoms. The molecular weight excluding hydrogens is 376 g/mol. The van der Waals surface area contributed by atoms with Crippen LogP contribution in [0.3, 0.4) is 0 Å². The number of halogens is 4. The summed E-state index contributed by atoms with van der Waals surface area (Å²) in [5, 5.41) is 0. The summed E-state index contributed by atoms with van der Waals surface area (Å²) in [7, 11) is 1.49. The number of ether oxygens (including phenoxy) is 1. The molecule has 4 aromatic rings. The van der Waals surface area contributed by atoms with E-state index in [1.807, 2.05) is 0 Å². The molecule has 5 nitrogen and oxygen atoms in total. The van der Waals surface area contributed by atoms with Gasteiger partial charge >= 0.3 is 6.18 Å². The van der Waals surface area contributed by atoms with Gasteiger partial charge in [-0.3, -0.25) is 9.38 Å². The van der Waals surface area contributed by atoms with Crippen LogP contribution in [0.2, 0.25) is 0 Å². The van der Waals surface area contributed by atoms with Gasteiger partial charge in [0.15, 0.2) is 0 Å². The molecule has 0 fully saturated rings. The molecule has 1 aromatic carbocycles. The number of hydrogen-bond acceptors (Lipinski definition) is 4. The monoisotopic (exact) mass is 388 g/mol. The highest BCUT2D eigenvalue weighted by Crippen LogP contribution is 2.31. The molecule has 142 valence electrons. The standard InChI is InChI=1S/C19H12F4N4O/c1-28-12-4-6-24-15(9-12)13-8-11(2-3-14(13)20)16-10-25-18-26-17(19(21,22)23)5-7-27(16)18/h2-10H,1H3. The number of pyridine rings is 1. The summed E-state index contributed by atoms with van der Waals surface area (Å²) in [5.74, 6) is -0.0699. The third kappa shape index (κ3) is 3.15. The lowest BCUT2D eigenvalue weighted by Gasteiger charge is -2.09. The van der Waals surface area contributed by atoms with Crippen molar-refractivity contribution in [3.05, 3.63) is 66.5 Å². The van der Waals surface area contributed by atoms with Gasteiger partial charge in [-0.1, -0.05) is 0 Å². The predicted molar refractivity (Wildman–Crippen MR) is 93.2 cm³/mol. The van der Waals surface area contributed by atoms with Gasteiger partial charge in [-0.2, -0.15) is 13.2 Å². The Bertz CT molecular complexity index is 1170. The molecular formula is C19H12F4N4O. The zero-order chi connectivity index (χ0) is 19.9. The number of alkyl halides is 3. The van der Waals surface area contributed by atoms with Crippen LogP contribution >= 0.6 is 0 Å². The average Bonchev–Trinajstić information content (AvgIpc) is 3.11. The van der Waals surface area contributed by atoms with E-state index in [0.717, 1.165) is 6.07 Å². The quantitative estimate of drug-likeness (QED) is 0.481. The van der Waals surface area contributed by atoms with E-state index < -0.39 is 17.7 Å². The smallest absolute Gasteiger partial charge is 0.433 e. The van der Waals surface area contributed by atoms with Crippen molar-refractivity contribution in [2.24, 2.45) is 0 Å². The van der Waals surface area contributed by atoms with E-state index in [4.69, 9.17) is 4.74 Å². The van der Waals surface area contributed by atoms with Crippen LogP contribution in [0.5, 0.6) is 5.75 Å². The lowest BCUT2D eigenvalue weighted by atomic mass is 10.0. The first-order valence-electron chi connectivity index (χ1n) is 8.08. The van der Waals surface area contributed by atoms with Gasteiger partial charge in [0.05, 0.1) is 24.7 Å². The second kappa shape index (κ2) is 6.59. The van der Waals surface area contributed by atoms with Gasteiger partial charge in [0.25, 0.3) is 0 Å². The minimum Gasteiger partial charge on any atom is -0.497 e. The van der Waals surface area contributed by atoms with Crippen LogP contribution in [0.1, 0.15) is 5.69 Å². The number of benzene rings is 1. The van der Waals surface area contributed by atoms with Gasteiger partial charge in [0, 0.05) is 29.6 Å². The van der Waals surface area contributed by atoms with E-state index in [0.29, 0.717) is 22.7 Å². The number of hydrogen-bond donors (Lipinski definition) is 0. The van der Waals surface area contributed by atoms with Crippen molar-refractivity contribution in [3.8, 4) is 28.3 Å². The topological polar surface area (TPSA) is 52.3 Å². The molecule has 0 N–H and O–H groups in total. The summed E-state index contributed by atoms with van der Waals surface area (Å²) in [6.07, 6.45) is -0.440. The number of imidazole rings is 1. The van der Waals surface area contributed by atoms with Crippen LogP contribution in [-0.4, -0.2) is 26.5 Å². The highest BCUT2D eigenvalue weighted by molar-refractivity contribution is 5.71. The first-order valence-corrected chi connectivity index (χ1v) is 8.08. The second-order valence-corrected chi connectivity index (χ2v) is 5.90. The summed E-state index contributed by atoms with van der Waals surface area (Å²) in [5.41, 5.74) is 0.587. The van der Waals surface area contributed by atoms with Crippen molar-refractivity contribution in [3.63, 3.8) is 0 Å². The zero-order valence-corrected chi connectivity index (χ0v) is 14.4. The predicted octanol–water partition coefficient (Wildman–Crippen LogP) is 4.62. The largest absolute Gasteiger partial charge is 0.497 e. The van der Waals surface area contributed by atoms with Crippen molar-refractivity contribution in [2.75, 3.05) is 7.11 Å². The Kier molecular flexibility index (Phi) is 4.21. The van der Waals surface area contributed by atoms with Crippen LogP contribution < -0.4 is 4.74 Å². The van der Waals surface area contributed by atoms with Gasteiger partial charge in [-0.25, -0.2) is 14.4 Å². The molecule has 0 unspecified atom stereocenters. The first-order chi connectivity index (χ1) is 13.4. The van der Waals surface area contributed by atoms with Crippen molar-refractivity contribution in [1.29, 1.82) is 0 Å². The fourth-order valence-corrected chi connectivity index (χ4v) is 2.81. The molecule has 0 aliphatic heterocycles. The Morgan fingerprint density at radius 1 is 1.04 bits per heavy atom. The summed E-state index contributed by atoms with van der Waals surface area (Å²) < 4.78 is 59.4. The van der Waals surface area contributed by atoms with Gasteiger partial charge < -0.3 is 4.74 Å². The fourth-order valence-electron chi connectivity index (χ4n) is 2.81. The molecule has 0 amide bonds. The summed E-state index contributed by atoms with van der Waals surface area (Å²) >= 11 is 0. The van der Waals surface area contributed by atoms with Gasteiger partial charge in [0.1, 0.15) is 17.3 Å². The Balaban J connectivity index is 1.82. The molecule has 28 heavy (non-hydrogen) atoms. The molecule has 0 saturated carbocycles. The van der Waals surface area contributed by atoms with Crippen molar-refractivity contribution < 1.29 is 22.3 Å². The number of rotatable bonds is 3. The zero-order valence-electron chi connectivity index (χ0n) is 14.4. The minimum absolute atomic E-state index is 0.102. The highest BCUT2D eigenvalue weighted by Gasteiger charge is 2.33. The molecule has 4 rings (SSSR count). The van der Waals surface area contributed by atoms with Gasteiger partial charge in [-0.15, -0.1) is 0 Å². The third-order valence-corrected chi connectivity index (χ3v) is 4.17. The molecule has 0 spiro atoms. The first kappa shape index (κ1) is 17.9. The van der Waals surface area contributed by atoms with E-state index in [1.54, 1.807) is 18.2 Å². The maximum Gasteiger partial charge on any atom is 0.433 e. The Morgan fingerprint density at radius 3 is 2.61 bits per heavy atom. The minimum atomic E-state index is -4.56. The van der Waals surface area contributed by atoms with E-state index in [1.165, 1.54) is 42.2 Å². The van der Waals surface area contributed by atoms with Crippen molar-refractivity contribution >= 4 is 5.78 Å². The molecule has 0 aliphatic carbocycles. The Morgan fingerprint density at radius 2 is 1.86 bits per heavy atom. The number of nitrogens with zero attached hydrogens (tertiary/aromatic N) is 4. The number of fused-ring (bicyclic) bond motifs is 1. The van der Waals surface area contributed by atoms with E-state index >= 15 is 0 Å². The molecule has 0 aliphatic rings. The molecule has 3 heterocycles. The Hall–Kier alpha value is -3.49. The van der Waals surface area contributed by atoms with Crippen molar-refractivity contribution in [2.45, 2.75) is 6.18 Å². The lowest BCUT2D eigenvalue weighted by Crippen LogP contribution is -2.09. The molecule has 0 atom stereocenters. The highest BCUT2D eigenvalue weighted by atomic mass is 19.4. The molecule has 0 radical (unpaired) electrons. The summed E-state index contributed by atoms with van der Waals surface area (Å²) in [4.78, 5) is 11.6. The van der Waals surface area contributed by atoms with E-state index in [-0.39, 0.29) is 11.3 Å². The lowest BCUT2D eigenvalue weighted by molar-refractivity contribution is -0.141. The van der Waals surface area contributed by atoms with Crippen LogP contribution in [0.4, 0.5) is 17.6 Å². The van der Waals surface area contributed by atoms with Crippen LogP contribution in [0.15, 0.2) is 55.0 Å². The normalized spacial score (nSPS) is 11.8. The number of methoxy groups -OCH3 is 1. The van der Waals surface area contributed by atoms with Crippen LogP contribution in [0, 0.1) is 5.82 Å². The maximum atomic E-state index is 14.4. The summed E-state index contributed by atoms with van der Waals surface area (Å²) in [6, 6.07) is 8.43. The summed E-state index contributed by atoms with van der Waals surface area (Å²) in [6.45, 7) is 0.